The second-order valence-electron chi connectivity index (χ2n) is 5.76. The van der Waals surface area contributed by atoms with Crippen LogP contribution in [0, 0.1) is 0 Å². The Morgan fingerprint density at radius 2 is 2.00 bits per heavy atom. The molecule has 0 bridgehead atoms. The zero-order valence-electron chi connectivity index (χ0n) is 14.2. The minimum atomic E-state index is 0.0449. The predicted octanol–water partition coefficient (Wildman–Crippen LogP) is 4.31. The lowest BCUT2D eigenvalue weighted by Gasteiger charge is -2.15. The Morgan fingerprint density at radius 3 is 2.68 bits per heavy atom. The molecule has 1 atom stereocenters. The van der Waals surface area contributed by atoms with Crippen molar-refractivity contribution in [3.8, 4) is 11.3 Å². The second kappa shape index (κ2) is 7.05. The van der Waals surface area contributed by atoms with Crippen LogP contribution in [0.25, 0.3) is 22.3 Å². The quantitative estimate of drug-likeness (QED) is 0.464. The number of nitrogens with two attached hydrogens (primary N) is 1. The number of hydrogen-bond donors (Lipinski definition) is 3. The zero-order chi connectivity index (χ0) is 17.8. The van der Waals surface area contributed by atoms with Crippen LogP contribution in [-0.4, -0.2) is 21.0 Å². The van der Waals surface area contributed by atoms with Gasteiger partial charge in [0.2, 0.25) is 0 Å². The molecule has 0 radical (unpaired) electrons. The Bertz CT molecular complexity index is 934. The molecular weight excluding hydrogens is 310 g/mol. The number of nitrogens with one attached hydrogen (secondary N) is 2. The third-order valence-electron chi connectivity index (χ3n) is 4.05. The van der Waals surface area contributed by atoms with Crippen molar-refractivity contribution in [1.29, 1.82) is 0 Å². The maximum absolute atomic E-state index is 5.76. The third kappa shape index (κ3) is 3.45. The van der Waals surface area contributed by atoms with Gasteiger partial charge in [-0.15, -0.1) is 0 Å². The Morgan fingerprint density at radius 1 is 1.24 bits per heavy atom. The van der Waals surface area contributed by atoms with Crippen LogP contribution < -0.4 is 11.1 Å². The number of fused-ring (bicyclic) bond motifs is 1. The van der Waals surface area contributed by atoms with Crippen molar-refractivity contribution in [3.63, 3.8) is 0 Å². The summed E-state index contributed by atoms with van der Waals surface area (Å²) in [5.41, 5.74) is 10.3. The monoisotopic (exact) mass is 331 g/mol. The molecule has 0 aliphatic carbocycles. The fourth-order valence-electron chi connectivity index (χ4n) is 2.69. The number of aromatic amines is 1. The summed E-state index contributed by atoms with van der Waals surface area (Å²) in [6.07, 6.45) is 7.04. The van der Waals surface area contributed by atoms with Gasteiger partial charge >= 0.3 is 0 Å². The van der Waals surface area contributed by atoms with Crippen LogP contribution in [0.3, 0.4) is 0 Å². The van der Waals surface area contributed by atoms with E-state index in [4.69, 9.17) is 5.73 Å². The van der Waals surface area contributed by atoms with Crippen molar-refractivity contribution in [2.45, 2.75) is 13.0 Å². The summed E-state index contributed by atoms with van der Waals surface area (Å²) in [4.78, 5) is 12.1. The van der Waals surface area contributed by atoms with E-state index in [1.807, 2.05) is 42.5 Å². The van der Waals surface area contributed by atoms with Gasteiger partial charge in [0.25, 0.3) is 0 Å². The molecule has 2 aromatic heterocycles. The van der Waals surface area contributed by atoms with Gasteiger partial charge in [-0.1, -0.05) is 43.5 Å². The highest BCUT2D eigenvalue weighted by Gasteiger charge is 2.12. The van der Waals surface area contributed by atoms with Gasteiger partial charge in [-0.2, -0.15) is 0 Å². The molecule has 0 saturated carbocycles. The molecule has 3 rings (SSSR count). The summed E-state index contributed by atoms with van der Waals surface area (Å²) in [5, 5.41) is 4.35. The van der Waals surface area contributed by atoms with Crippen LogP contribution in [0.1, 0.15) is 6.92 Å². The molecule has 0 spiro atoms. The number of nitrogen functional groups attached to an aromatic ring is 1. The van der Waals surface area contributed by atoms with Crippen molar-refractivity contribution >= 4 is 22.5 Å². The van der Waals surface area contributed by atoms with Gasteiger partial charge < -0.3 is 16.0 Å². The largest absolute Gasteiger partial charge is 0.399 e. The van der Waals surface area contributed by atoms with Crippen LogP contribution in [-0.2, 0) is 0 Å². The van der Waals surface area contributed by atoms with E-state index in [2.05, 4.69) is 40.4 Å². The highest BCUT2D eigenvalue weighted by Crippen LogP contribution is 2.28. The van der Waals surface area contributed by atoms with Gasteiger partial charge in [-0.3, -0.25) is 0 Å². The maximum Gasteiger partial charge on any atom is 0.143 e. The van der Waals surface area contributed by atoms with Crippen LogP contribution >= 0.6 is 0 Å². The molecule has 0 saturated heterocycles. The summed E-state index contributed by atoms with van der Waals surface area (Å²) in [7, 11) is 0. The molecule has 126 valence electrons. The lowest BCUT2D eigenvalue weighted by molar-refractivity contribution is 0.940. The first-order valence-corrected chi connectivity index (χ1v) is 8.03. The number of aromatic nitrogens is 3. The first-order valence-electron chi connectivity index (χ1n) is 8.03. The number of H-pyrrole nitrogens is 1. The predicted molar refractivity (Wildman–Crippen MR) is 105 cm³/mol. The average Bonchev–Trinajstić information content (AvgIpc) is 3.05. The van der Waals surface area contributed by atoms with Crippen molar-refractivity contribution in [1.82, 2.24) is 15.0 Å². The fraction of sp³-hybridized carbons (Fsp3) is 0.100. The second-order valence-corrected chi connectivity index (χ2v) is 5.76. The first kappa shape index (κ1) is 16.5. The molecule has 1 aromatic carbocycles. The minimum absolute atomic E-state index is 0.0449. The average molecular weight is 331 g/mol. The highest BCUT2D eigenvalue weighted by atomic mass is 15.1. The van der Waals surface area contributed by atoms with Crippen LogP contribution in [0.4, 0.5) is 11.5 Å². The van der Waals surface area contributed by atoms with Crippen LogP contribution in [0.15, 0.2) is 73.6 Å². The molecule has 5 heteroatoms. The molecule has 0 aliphatic rings. The van der Waals surface area contributed by atoms with Crippen molar-refractivity contribution in [2.24, 2.45) is 0 Å². The van der Waals surface area contributed by atoms with E-state index < -0.39 is 0 Å². The molecule has 0 aliphatic heterocycles. The summed E-state index contributed by atoms with van der Waals surface area (Å²) < 4.78 is 0. The van der Waals surface area contributed by atoms with Gasteiger partial charge in [-0.05, 0) is 36.3 Å². The number of allylic oxidation sites excluding steroid dienone is 2. The highest BCUT2D eigenvalue weighted by molar-refractivity contribution is 5.91. The molecular formula is C20H21N5. The molecule has 0 amide bonds. The Labute approximate surface area is 147 Å². The molecule has 2 heterocycles. The molecule has 3 aromatic rings. The van der Waals surface area contributed by atoms with E-state index in [1.54, 1.807) is 12.4 Å². The normalized spacial score (nSPS) is 12.8. The SMILES string of the molecule is C=C/C=C(\C=C)[C@@H](C)Nc1ncnc2[nH]c(-c3ccc(N)cc3)cc12. The molecule has 5 nitrogen and oxygen atoms in total. The first-order chi connectivity index (χ1) is 12.1. The summed E-state index contributed by atoms with van der Waals surface area (Å²) >= 11 is 0. The van der Waals surface area contributed by atoms with E-state index in [9.17, 15) is 0 Å². The fourth-order valence-corrected chi connectivity index (χ4v) is 2.69. The molecule has 0 unspecified atom stereocenters. The smallest absolute Gasteiger partial charge is 0.143 e. The lowest BCUT2D eigenvalue weighted by Crippen LogP contribution is -2.18. The number of rotatable bonds is 6. The summed E-state index contributed by atoms with van der Waals surface area (Å²) in [6.45, 7) is 9.64. The Hall–Kier alpha value is -3.34. The van der Waals surface area contributed by atoms with Gasteiger partial charge in [0.15, 0.2) is 0 Å². The van der Waals surface area contributed by atoms with Crippen molar-refractivity contribution in [3.05, 3.63) is 73.6 Å². The number of anilines is 2. The molecule has 25 heavy (non-hydrogen) atoms. The van der Waals surface area contributed by atoms with E-state index in [0.29, 0.717) is 0 Å². The van der Waals surface area contributed by atoms with E-state index in [-0.39, 0.29) is 6.04 Å². The summed E-state index contributed by atoms with van der Waals surface area (Å²) in [6, 6.07) is 9.80. The van der Waals surface area contributed by atoms with E-state index in [0.717, 1.165) is 39.4 Å². The minimum Gasteiger partial charge on any atom is -0.399 e. The van der Waals surface area contributed by atoms with Gasteiger partial charge in [0.05, 0.1) is 5.39 Å². The Balaban J connectivity index is 1.97. The number of benzene rings is 1. The van der Waals surface area contributed by atoms with Crippen LogP contribution in [0.5, 0.6) is 0 Å². The number of hydrogen-bond acceptors (Lipinski definition) is 4. The lowest BCUT2D eigenvalue weighted by atomic mass is 10.1. The van der Waals surface area contributed by atoms with Gasteiger partial charge in [0.1, 0.15) is 17.8 Å². The van der Waals surface area contributed by atoms with E-state index >= 15 is 0 Å². The van der Waals surface area contributed by atoms with Gasteiger partial charge in [-0.25, -0.2) is 9.97 Å². The van der Waals surface area contributed by atoms with E-state index in [1.165, 1.54) is 0 Å². The Kier molecular flexibility index (Phi) is 4.66. The number of nitrogens with zero attached hydrogens (tertiary/aromatic N) is 2. The standard InChI is InChI=1S/C20H21N5/c1-4-6-14(5-2)13(3)24-19-17-11-18(25-20(17)23-12-22-19)15-7-9-16(21)10-8-15/h4-13H,1-2,21H2,3H3,(H2,22,23,24,25)/b14-6+/t13-/m1/s1. The van der Waals surface area contributed by atoms with Crippen molar-refractivity contribution < 1.29 is 0 Å². The summed E-state index contributed by atoms with van der Waals surface area (Å²) in [5.74, 6) is 0.771. The van der Waals surface area contributed by atoms with Gasteiger partial charge in [0, 0.05) is 17.4 Å². The topological polar surface area (TPSA) is 79.6 Å². The van der Waals surface area contributed by atoms with Crippen LogP contribution in [0.2, 0.25) is 0 Å². The third-order valence-corrected chi connectivity index (χ3v) is 4.05. The van der Waals surface area contributed by atoms with Crippen molar-refractivity contribution in [2.75, 3.05) is 11.1 Å². The molecule has 0 fully saturated rings. The maximum atomic E-state index is 5.76. The molecule has 4 N–H and O–H groups in total. The zero-order valence-corrected chi connectivity index (χ0v) is 14.2.